The fourth-order valence-corrected chi connectivity index (χ4v) is 1.72. The van der Waals surface area contributed by atoms with Gasteiger partial charge in [0.2, 0.25) is 0 Å². The Labute approximate surface area is 102 Å². The summed E-state index contributed by atoms with van der Waals surface area (Å²) in [4.78, 5) is 0. The summed E-state index contributed by atoms with van der Waals surface area (Å²) in [6.07, 6.45) is 2.06. The normalized spacial score (nSPS) is 10.1. The number of rotatable bonds is 5. The Kier molecular flexibility index (Phi) is 4.03. The molecule has 88 valence electrons. The summed E-state index contributed by atoms with van der Waals surface area (Å²) in [7, 11) is 0. The van der Waals surface area contributed by atoms with E-state index in [1.807, 2.05) is 30.3 Å². The van der Waals surface area contributed by atoms with Gasteiger partial charge < -0.3 is 10.5 Å². The van der Waals surface area contributed by atoms with E-state index in [9.17, 15) is 0 Å². The van der Waals surface area contributed by atoms with E-state index in [2.05, 4.69) is 24.3 Å². The topological polar surface area (TPSA) is 35.2 Å². The first kappa shape index (κ1) is 11.5. The van der Waals surface area contributed by atoms with Gasteiger partial charge in [0.25, 0.3) is 0 Å². The molecule has 0 bridgehead atoms. The molecule has 0 aliphatic carbocycles. The maximum absolute atomic E-state index is 5.67. The number of aryl methyl sites for hydroxylation is 1. The van der Waals surface area contributed by atoms with Gasteiger partial charge in [-0.15, -0.1) is 0 Å². The van der Waals surface area contributed by atoms with Gasteiger partial charge >= 0.3 is 0 Å². The standard InChI is InChI=1S/C15H17NO/c16-14-9-4-10-15(12-14)17-11-5-8-13-6-2-1-3-7-13/h1-4,6-7,9-10,12H,5,8,11,16H2. The Morgan fingerprint density at radius 2 is 1.76 bits per heavy atom. The Morgan fingerprint density at radius 1 is 0.941 bits per heavy atom. The number of nitrogen functional groups attached to an aromatic ring is 1. The minimum Gasteiger partial charge on any atom is -0.494 e. The van der Waals surface area contributed by atoms with Gasteiger partial charge in [-0.05, 0) is 30.5 Å². The van der Waals surface area contributed by atoms with Gasteiger partial charge in [0.1, 0.15) is 5.75 Å². The van der Waals surface area contributed by atoms with E-state index in [0.717, 1.165) is 30.9 Å². The molecule has 2 nitrogen and oxygen atoms in total. The molecule has 0 spiro atoms. The highest BCUT2D eigenvalue weighted by atomic mass is 16.5. The van der Waals surface area contributed by atoms with Crippen molar-refractivity contribution in [3.63, 3.8) is 0 Å². The smallest absolute Gasteiger partial charge is 0.121 e. The summed E-state index contributed by atoms with van der Waals surface area (Å²) in [5, 5.41) is 0. The second-order valence-corrected chi connectivity index (χ2v) is 4.01. The van der Waals surface area contributed by atoms with Crippen molar-refractivity contribution in [2.75, 3.05) is 12.3 Å². The first-order valence-corrected chi connectivity index (χ1v) is 5.87. The van der Waals surface area contributed by atoms with Crippen molar-refractivity contribution in [3.8, 4) is 5.75 Å². The number of hydrogen-bond donors (Lipinski definition) is 1. The van der Waals surface area contributed by atoms with Crippen LogP contribution in [0.4, 0.5) is 5.69 Å². The van der Waals surface area contributed by atoms with Gasteiger partial charge in [0.05, 0.1) is 6.61 Å². The molecular weight excluding hydrogens is 210 g/mol. The van der Waals surface area contributed by atoms with Crippen LogP contribution in [0.1, 0.15) is 12.0 Å². The van der Waals surface area contributed by atoms with Crippen molar-refractivity contribution >= 4 is 5.69 Å². The Morgan fingerprint density at radius 3 is 2.53 bits per heavy atom. The van der Waals surface area contributed by atoms with Gasteiger partial charge in [0.15, 0.2) is 0 Å². The monoisotopic (exact) mass is 227 g/mol. The zero-order valence-corrected chi connectivity index (χ0v) is 9.80. The molecule has 0 amide bonds. The lowest BCUT2D eigenvalue weighted by Gasteiger charge is -2.06. The minimum atomic E-state index is 0.721. The van der Waals surface area contributed by atoms with Gasteiger partial charge in [-0.25, -0.2) is 0 Å². The van der Waals surface area contributed by atoms with Crippen LogP contribution in [0, 0.1) is 0 Å². The SMILES string of the molecule is Nc1cccc(OCCCc2ccccc2)c1. The molecule has 0 unspecified atom stereocenters. The molecule has 0 saturated heterocycles. The van der Waals surface area contributed by atoms with E-state index in [-0.39, 0.29) is 0 Å². The molecule has 0 atom stereocenters. The van der Waals surface area contributed by atoms with E-state index in [1.54, 1.807) is 0 Å². The summed E-state index contributed by atoms with van der Waals surface area (Å²) >= 11 is 0. The predicted octanol–water partition coefficient (Wildman–Crippen LogP) is 3.28. The van der Waals surface area contributed by atoms with Crippen molar-refractivity contribution in [2.24, 2.45) is 0 Å². The molecule has 0 aliphatic rings. The van der Waals surface area contributed by atoms with Crippen LogP contribution in [-0.2, 0) is 6.42 Å². The van der Waals surface area contributed by atoms with Crippen LogP contribution in [0.3, 0.4) is 0 Å². The van der Waals surface area contributed by atoms with Crippen LogP contribution in [0.5, 0.6) is 5.75 Å². The average molecular weight is 227 g/mol. The van der Waals surface area contributed by atoms with Crippen LogP contribution in [0.15, 0.2) is 54.6 Å². The zero-order chi connectivity index (χ0) is 11.9. The molecule has 2 N–H and O–H groups in total. The molecule has 0 aliphatic heterocycles. The van der Waals surface area contributed by atoms with Crippen LogP contribution in [-0.4, -0.2) is 6.61 Å². The molecule has 2 aromatic rings. The second kappa shape index (κ2) is 5.94. The highest BCUT2D eigenvalue weighted by Crippen LogP contribution is 2.14. The van der Waals surface area contributed by atoms with E-state index in [1.165, 1.54) is 5.56 Å². The van der Waals surface area contributed by atoms with Crippen molar-refractivity contribution < 1.29 is 4.74 Å². The van der Waals surface area contributed by atoms with Crippen molar-refractivity contribution in [1.29, 1.82) is 0 Å². The fraction of sp³-hybridized carbons (Fsp3) is 0.200. The predicted molar refractivity (Wildman–Crippen MR) is 71.1 cm³/mol. The maximum atomic E-state index is 5.67. The number of anilines is 1. The quantitative estimate of drug-likeness (QED) is 0.628. The van der Waals surface area contributed by atoms with Crippen molar-refractivity contribution in [3.05, 3.63) is 60.2 Å². The summed E-state index contributed by atoms with van der Waals surface area (Å²) in [6.45, 7) is 0.721. The van der Waals surface area contributed by atoms with Crippen LogP contribution >= 0.6 is 0 Å². The Bertz CT molecular complexity index is 453. The number of hydrogen-bond acceptors (Lipinski definition) is 2. The first-order chi connectivity index (χ1) is 8.34. The lowest BCUT2D eigenvalue weighted by molar-refractivity contribution is 0.311. The second-order valence-electron chi connectivity index (χ2n) is 4.01. The molecule has 2 rings (SSSR count). The van der Waals surface area contributed by atoms with Crippen LogP contribution in [0.2, 0.25) is 0 Å². The maximum Gasteiger partial charge on any atom is 0.121 e. The molecule has 0 aromatic heterocycles. The molecule has 17 heavy (non-hydrogen) atoms. The molecule has 2 aromatic carbocycles. The fourth-order valence-electron chi connectivity index (χ4n) is 1.72. The van der Waals surface area contributed by atoms with Gasteiger partial charge in [-0.3, -0.25) is 0 Å². The lowest BCUT2D eigenvalue weighted by Crippen LogP contribution is -1.99. The van der Waals surface area contributed by atoms with Crippen LogP contribution in [0.25, 0.3) is 0 Å². The molecule has 0 radical (unpaired) electrons. The van der Waals surface area contributed by atoms with Gasteiger partial charge in [0, 0.05) is 11.8 Å². The number of benzene rings is 2. The minimum absolute atomic E-state index is 0.721. The molecule has 0 saturated carbocycles. The highest BCUT2D eigenvalue weighted by Gasteiger charge is 1.95. The average Bonchev–Trinajstić information content (AvgIpc) is 2.36. The summed E-state index contributed by atoms with van der Waals surface area (Å²) in [5.41, 5.74) is 7.77. The largest absolute Gasteiger partial charge is 0.494 e. The third-order valence-corrected chi connectivity index (χ3v) is 2.58. The number of nitrogens with two attached hydrogens (primary N) is 1. The van der Waals surface area contributed by atoms with E-state index in [0.29, 0.717) is 0 Å². The Balaban J connectivity index is 1.73. The third kappa shape index (κ3) is 3.83. The van der Waals surface area contributed by atoms with Gasteiger partial charge in [-0.2, -0.15) is 0 Å². The summed E-state index contributed by atoms with van der Waals surface area (Å²) in [6, 6.07) is 18.0. The summed E-state index contributed by atoms with van der Waals surface area (Å²) in [5.74, 6) is 0.845. The van der Waals surface area contributed by atoms with E-state index >= 15 is 0 Å². The molecular formula is C15H17NO. The third-order valence-electron chi connectivity index (χ3n) is 2.58. The van der Waals surface area contributed by atoms with E-state index in [4.69, 9.17) is 10.5 Å². The Hall–Kier alpha value is -1.96. The summed E-state index contributed by atoms with van der Waals surface area (Å²) < 4.78 is 5.63. The van der Waals surface area contributed by atoms with Crippen molar-refractivity contribution in [2.45, 2.75) is 12.8 Å². The highest BCUT2D eigenvalue weighted by molar-refractivity contribution is 5.43. The van der Waals surface area contributed by atoms with Crippen LogP contribution < -0.4 is 10.5 Å². The number of ether oxygens (including phenoxy) is 1. The van der Waals surface area contributed by atoms with Gasteiger partial charge in [-0.1, -0.05) is 36.4 Å². The molecule has 2 heteroatoms. The first-order valence-electron chi connectivity index (χ1n) is 5.87. The molecule has 0 fully saturated rings. The zero-order valence-electron chi connectivity index (χ0n) is 9.80. The molecule has 0 heterocycles. The lowest BCUT2D eigenvalue weighted by atomic mass is 10.1. The van der Waals surface area contributed by atoms with Crippen molar-refractivity contribution in [1.82, 2.24) is 0 Å². The van der Waals surface area contributed by atoms with E-state index < -0.39 is 0 Å².